The van der Waals surface area contributed by atoms with E-state index in [1.54, 1.807) is 0 Å². The Balaban J connectivity index is 2.26. The maximum atomic E-state index is 5.43. The van der Waals surface area contributed by atoms with Gasteiger partial charge >= 0.3 is 0 Å². The van der Waals surface area contributed by atoms with Crippen LogP contribution >= 0.6 is 15.9 Å². The van der Waals surface area contributed by atoms with E-state index in [2.05, 4.69) is 28.2 Å². The summed E-state index contributed by atoms with van der Waals surface area (Å²) in [6, 6.07) is 4.28. The number of nitrogens with one attached hydrogen (secondary N) is 1. The molecule has 4 heteroatoms. The summed E-state index contributed by atoms with van der Waals surface area (Å²) in [6.07, 6.45) is 0.988. The first-order valence-electron chi connectivity index (χ1n) is 4.40. The maximum Gasteiger partial charge on any atom is 0.169 e. The summed E-state index contributed by atoms with van der Waals surface area (Å²) < 4.78 is 6.11. The Morgan fingerprint density at radius 1 is 1.62 bits per heavy atom. The summed E-state index contributed by atoms with van der Waals surface area (Å²) in [5.74, 6) is 0.941. The van der Waals surface area contributed by atoms with Crippen LogP contribution in [0.5, 0.6) is 0 Å². The smallest absolute Gasteiger partial charge is 0.169 e. The van der Waals surface area contributed by atoms with Crippen molar-refractivity contribution >= 4 is 15.9 Å². The Labute approximate surface area is 86.8 Å². The van der Waals surface area contributed by atoms with Crippen molar-refractivity contribution in [3.8, 4) is 0 Å². The van der Waals surface area contributed by atoms with Gasteiger partial charge in [0.05, 0.1) is 6.54 Å². The third kappa shape index (κ3) is 3.93. The molecule has 3 nitrogen and oxygen atoms in total. The summed E-state index contributed by atoms with van der Waals surface area (Å²) in [7, 11) is 0. The van der Waals surface area contributed by atoms with Gasteiger partial charge in [-0.1, -0.05) is 0 Å². The lowest BCUT2D eigenvalue weighted by Gasteiger charge is -2.10. The number of hydrogen-bond donors (Lipinski definition) is 2. The number of nitrogens with two attached hydrogens (primary N) is 1. The summed E-state index contributed by atoms with van der Waals surface area (Å²) >= 11 is 3.26. The monoisotopic (exact) mass is 246 g/mol. The highest BCUT2D eigenvalue weighted by atomic mass is 79.9. The molecule has 1 unspecified atom stereocenters. The zero-order valence-electron chi connectivity index (χ0n) is 7.72. The minimum atomic E-state index is 0.439. The van der Waals surface area contributed by atoms with E-state index in [4.69, 9.17) is 10.2 Å². The highest BCUT2D eigenvalue weighted by molar-refractivity contribution is 9.10. The molecule has 13 heavy (non-hydrogen) atoms. The average molecular weight is 247 g/mol. The molecule has 0 saturated heterocycles. The molecule has 1 rings (SSSR count). The molecule has 0 aliphatic carbocycles. The highest BCUT2D eigenvalue weighted by Crippen LogP contribution is 2.13. The molecule has 0 fully saturated rings. The topological polar surface area (TPSA) is 51.2 Å². The van der Waals surface area contributed by atoms with Crippen molar-refractivity contribution in [1.82, 2.24) is 5.32 Å². The Morgan fingerprint density at radius 2 is 2.38 bits per heavy atom. The highest BCUT2D eigenvalue weighted by Gasteiger charge is 2.02. The second-order valence-electron chi connectivity index (χ2n) is 3.07. The van der Waals surface area contributed by atoms with Gasteiger partial charge in [0.1, 0.15) is 5.76 Å². The molecule has 1 aromatic heterocycles. The zero-order chi connectivity index (χ0) is 9.68. The molecule has 1 atom stereocenters. The van der Waals surface area contributed by atoms with Crippen molar-refractivity contribution < 1.29 is 4.42 Å². The molecular weight excluding hydrogens is 232 g/mol. The van der Waals surface area contributed by atoms with E-state index in [1.807, 2.05) is 12.1 Å². The molecule has 0 aliphatic rings. The quantitative estimate of drug-likeness (QED) is 0.835. The minimum absolute atomic E-state index is 0.439. The summed E-state index contributed by atoms with van der Waals surface area (Å²) in [6.45, 7) is 3.59. The van der Waals surface area contributed by atoms with Gasteiger partial charge in [-0.3, -0.25) is 0 Å². The predicted octanol–water partition coefficient (Wildman–Crippen LogP) is 1.87. The standard InChI is InChI=1S/C9H15BrN2O/c1-7(4-5-11)12-6-8-2-3-9(10)13-8/h2-3,7,12H,4-6,11H2,1H3. The Kier molecular flexibility index (Phi) is 4.48. The van der Waals surface area contributed by atoms with Crippen molar-refractivity contribution in [1.29, 1.82) is 0 Å². The van der Waals surface area contributed by atoms with Gasteiger partial charge in [0, 0.05) is 6.04 Å². The van der Waals surface area contributed by atoms with Crippen LogP contribution in [0.15, 0.2) is 21.2 Å². The molecule has 3 N–H and O–H groups in total. The Bertz CT molecular complexity index is 250. The summed E-state index contributed by atoms with van der Waals surface area (Å²) in [5, 5.41) is 3.32. The summed E-state index contributed by atoms with van der Waals surface area (Å²) in [5.41, 5.74) is 5.43. The minimum Gasteiger partial charge on any atom is -0.453 e. The fraction of sp³-hybridized carbons (Fsp3) is 0.556. The SMILES string of the molecule is CC(CCN)NCc1ccc(Br)o1. The number of rotatable bonds is 5. The lowest BCUT2D eigenvalue weighted by Crippen LogP contribution is -2.27. The second kappa shape index (κ2) is 5.42. The molecule has 0 spiro atoms. The zero-order valence-corrected chi connectivity index (χ0v) is 9.30. The van der Waals surface area contributed by atoms with Crippen LogP contribution in [0.25, 0.3) is 0 Å². The maximum absolute atomic E-state index is 5.43. The van der Waals surface area contributed by atoms with Crippen LogP contribution in [-0.4, -0.2) is 12.6 Å². The van der Waals surface area contributed by atoms with E-state index in [9.17, 15) is 0 Å². The van der Waals surface area contributed by atoms with Crippen LogP contribution < -0.4 is 11.1 Å². The normalized spacial score (nSPS) is 13.2. The predicted molar refractivity (Wildman–Crippen MR) is 56.4 cm³/mol. The van der Waals surface area contributed by atoms with Gasteiger partial charge in [-0.15, -0.1) is 0 Å². The van der Waals surface area contributed by atoms with Crippen LogP contribution in [0, 0.1) is 0 Å². The van der Waals surface area contributed by atoms with Crippen molar-refractivity contribution in [3.63, 3.8) is 0 Å². The van der Waals surface area contributed by atoms with Gasteiger partial charge in [-0.2, -0.15) is 0 Å². The third-order valence-corrected chi connectivity index (χ3v) is 2.28. The molecule has 1 heterocycles. The molecule has 0 radical (unpaired) electrons. The van der Waals surface area contributed by atoms with Crippen molar-refractivity contribution in [2.24, 2.45) is 5.73 Å². The number of halogens is 1. The van der Waals surface area contributed by atoms with Crippen LogP contribution in [0.4, 0.5) is 0 Å². The number of furan rings is 1. The molecule has 0 saturated carbocycles. The van der Waals surface area contributed by atoms with Gasteiger partial charge in [0.2, 0.25) is 0 Å². The first-order valence-corrected chi connectivity index (χ1v) is 5.19. The second-order valence-corrected chi connectivity index (χ2v) is 3.85. The molecule has 0 amide bonds. The van der Waals surface area contributed by atoms with Crippen molar-refractivity contribution in [2.75, 3.05) is 6.54 Å². The van der Waals surface area contributed by atoms with Crippen LogP contribution in [-0.2, 0) is 6.54 Å². The fourth-order valence-electron chi connectivity index (χ4n) is 1.07. The molecule has 74 valence electrons. The molecule has 0 aliphatic heterocycles. The molecule has 0 aromatic carbocycles. The number of hydrogen-bond acceptors (Lipinski definition) is 3. The van der Waals surface area contributed by atoms with Crippen LogP contribution in [0.1, 0.15) is 19.1 Å². The van der Waals surface area contributed by atoms with E-state index in [0.717, 1.165) is 29.9 Å². The summed E-state index contributed by atoms with van der Waals surface area (Å²) in [4.78, 5) is 0. The molecule has 0 bridgehead atoms. The molecular formula is C9H15BrN2O. The third-order valence-electron chi connectivity index (χ3n) is 1.85. The average Bonchev–Trinajstić information content (AvgIpc) is 2.49. The van der Waals surface area contributed by atoms with Gasteiger partial charge in [0.25, 0.3) is 0 Å². The molecule has 1 aromatic rings. The van der Waals surface area contributed by atoms with Gasteiger partial charge in [-0.25, -0.2) is 0 Å². The lowest BCUT2D eigenvalue weighted by molar-refractivity contribution is 0.435. The Morgan fingerprint density at radius 3 is 2.92 bits per heavy atom. The first-order chi connectivity index (χ1) is 6.22. The van der Waals surface area contributed by atoms with Crippen LogP contribution in [0.3, 0.4) is 0 Å². The van der Waals surface area contributed by atoms with Crippen LogP contribution in [0.2, 0.25) is 0 Å². The van der Waals surface area contributed by atoms with Crippen molar-refractivity contribution in [3.05, 3.63) is 22.6 Å². The van der Waals surface area contributed by atoms with E-state index in [-0.39, 0.29) is 0 Å². The van der Waals surface area contributed by atoms with Gasteiger partial charge in [0.15, 0.2) is 4.67 Å². The first kappa shape index (κ1) is 10.8. The lowest BCUT2D eigenvalue weighted by atomic mass is 10.2. The largest absolute Gasteiger partial charge is 0.453 e. The fourth-order valence-corrected chi connectivity index (χ4v) is 1.41. The van der Waals surface area contributed by atoms with E-state index < -0.39 is 0 Å². The van der Waals surface area contributed by atoms with E-state index in [1.165, 1.54) is 0 Å². The van der Waals surface area contributed by atoms with E-state index >= 15 is 0 Å². The van der Waals surface area contributed by atoms with Gasteiger partial charge < -0.3 is 15.5 Å². The van der Waals surface area contributed by atoms with E-state index in [0.29, 0.717) is 6.04 Å². The Hall–Kier alpha value is -0.320. The van der Waals surface area contributed by atoms with Gasteiger partial charge in [-0.05, 0) is 48.0 Å². The van der Waals surface area contributed by atoms with Crippen molar-refractivity contribution in [2.45, 2.75) is 25.9 Å².